The van der Waals surface area contributed by atoms with E-state index in [1.807, 2.05) is 43.3 Å². The second-order valence-corrected chi connectivity index (χ2v) is 8.28. The molecule has 0 spiro atoms. The van der Waals surface area contributed by atoms with E-state index in [-0.39, 0.29) is 11.5 Å². The summed E-state index contributed by atoms with van der Waals surface area (Å²) in [5, 5.41) is 9.86. The van der Waals surface area contributed by atoms with Gasteiger partial charge in [-0.05, 0) is 65.3 Å². The summed E-state index contributed by atoms with van der Waals surface area (Å²) in [6.07, 6.45) is 4.67. The lowest BCUT2D eigenvalue weighted by molar-refractivity contribution is 0.0498. The van der Waals surface area contributed by atoms with Gasteiger partial charge in [-0.2, -0.15) is 0 Å². The minimum absolute atomic E-state index is 0.245. The van der Waals surface area contributed by atoms with Crippen LogP contribution in [0.1, 0.15) is 71.4 Å². The van der Waals surface area contributed by atoms with Gasteiger partial charge in [-0.15, -0.1) is 0 Å². The van der Waals surface area contributed by atoms with Gasteiger partial charge in [0.05, 0.1) is 17.7 Å². The normalized spacial score (nSPS) is 10.8. The average Bonchev–Trinajstić information content (AvgIpc) is 2.82. The Morgan fingerprint density at radius 2 is 1.42 bits per heavy atom. The molecule has 0 aliphatic carbocycles. The number of carbonyl (C=O) groups excluding carboxylic acids is 1. The third kappa shape index (κ3) is 5.51. The number of benzene rings is 3. The average molecular weight is 445 g/mol. The smallest absolute Gasteiger partial charge is 0.338 e. The number of ether oxygens (including phenoxy) is 1. The Labute approximate surface area is 196 Å². The van der Waals surface area contributed by atoms with Gasteiger partial charge >= 0.3 is 11.9 Å². The summed E-state index contributed by atoms with van der Waals surface area (Å²) >= 11 is 0. The molecule has 0 bridgehead atoms. The Morgan fingerprint density at radius 3 is 2.06 bits per heavy atom. The van der Waals surface area contributed by atoms with E-state index in [0.29, 0.717) is 17.7 Å². The second-order valence-electron chi connectivity index (χ2n) is 8.28. The Kier molecular flexibility index (Phi) is 8.42. The highest BCUT2D eigenvalue weighted by molar-refractivity contribution is 6.04. The third-order valence-electron chi connectivity index (χ3n) is 5.84. The van der Waals surface area contributed by atoms with Crippen molar-refractivity contribution in [2.24, 2.45) is 0 Å². The molecular weight excluding hydrogens is 412 g/mol. The van der Waals surface area contributed by atoms with E-state index < -0.39 is 5.97 Å². The van der Waals surface area contributed by atoms with Gasteiger partial charge in [0.15, 0.2) is 0 Å². The molecule has 0 aromatic heterocycles. The fourth-order valence-corrected chi connectivity index (χ4v) is 4.24. The topological polar surface area (TPSA) is 63.6 Å². The minimum atomic E-state index is -0.972. The van der Waals surface area contributed by atoms with Gasteiger partial charge in [-0.3, -0.25) is 0 Å². The summed E-state index contributed by atoms with van der Waals surface area (Å²) in [7, 11) is 0. The third-order valence-corrected chi connectivity index (χ3v) is 5.84. The molecule has 4 heteroatoms. The predicted octanol–water partition coefficient (Wildman–Crippen LogP) is 7.33. The molecule has 3 aromatic carbocycles. The van der Waals surface area contributed by atoms with E-state index in [2.05, 4.69) is 19.9 Å². The van der Waals surface area contributed by atoms with Crippen molar-refractivity contribution < 1.29 is 19.4 Å². The number of hydrogen-bond acceptors (Lipinski definition) is 3. The van der Waals surface area contributed by atoms with Gasteiger partial charge < -0.3 is 9.84 Å². The minimum Gasteiger partial charge on any atom is -0.478 e. The largest absolute Gasteiger partial charge is 0.478 e. The van der Waals surface area contributed by atoms with Crippen molar-refractivity contribution in [3.8, 4) is 22.3 Å². The number of hydrogen-bond donors (Lipinski definition) is 1. The molecule has 0 fully saturated rings. The van der Waals surface area contributed by atoms with Crippen molar-refractivity contribution in [3.05, 3.63) is 82.9 Å². The first-order chi connectivity index (χ1) is 16.0. The van der Waals surface area contributed by atoms with Crippen molar-refractivity contribution in [3.63, 3.8) is 0 Å². The molecule has 0 aliphatic heterocycles. The molecule has 0 unspecified atom stereocenters. The van der Waals surface area contributed by atoms with Crippen molar-refractivity contribution in [1.29, 1.82) is 0 Å². The van der Waals surface area contributed by atoms with Gasteiger partial charge in [-0.25, -0.2) is 9.59 Å². The molecule has 0 saturated heterocycles. The van der Waals surface area contributed by atoms with E-state index in [1.165, 1.54) is 0 Å². The van der Waals surface area contributed by atoms with E-state index >= 15 is 0 Å². The Morgan fingerprint density at radius 1 is 0.788 bits per heavy atom. The summed E-state index contributed by atoms with van der Waals surface area (Å²) in [5.74, 6) is -1.32. The van der Waals surface area contributed by atoms with Crippen LogP contribution in [-0.2, 0) is 11.2 Å². The van der Waals surface area contributed by atoms with Crippen LogP contribution < -0.4 is 0 Å². The number of aryl methyl sites for hydroxylation is 2. The summed E-state index contributed by atoms with van der Waals surface area (Å²) in [6.45, 7) is 6.60. The molecule has 3 aromatic rings. The lowest BCUT2D eigenvalue weighted by Crippen LogP contribution is -2.09. The highest BCUT2D eigenvalue weighted by Gasteiger charge is 2.23. The van der Waals surface area contributed by atoms with Gasteiger partial charge in [0, 0.05) is 0 Å². The summed E-state index contributed by atoms with van der Waals surface area (Å²) < 4.78 is 5.60. The number of aromatic carboxylic acids is 1. The fourth-order valence-electron chi connectivity index (χ4n) is 4.24. The molecule has 0 atom stereocenters. The summed E-state index contributed by atoms with van der Waals surface area (Å²) in [4.78, 5) is 25.1. The number of rotatable bonds is 10. The molecular formula is C29H32O4. The van der Waals surface area contributed by atoms with Gasteiger partial charge in [0.2, 0.25) is 0 Å². The van der Waals surface area contributed by atoms with Crippen molar-refractivity contribution >= 4 is 11.9 Å². The van der Waals surface area contributed by atoms with Crippen LogP contribution in [0.2, 0.25) is 0 Å². The molecule has 0 saturated carbocycles. The zero-order valence-electron chi connectivity index (χ0n) is 19.7. The molecule has 1 N–H and O–H groups in total. The summed E-state index contributed by atoms with van der Waals surface area (Å²) in [5.41, 5.74) is 5.99. The predicted molar refractivity (Wildman–Crippen MR) is 133 cm³/mol. The van der Waals surface area contributed by atoms with Crippen LogP contribution >= 0.6 is 0 Å². The van der Waals surface area contributed by atoms with E-state index in [1.54, 1.807) is 18.2 Å². The number of carboxylic acids is 1. The molecule has 172 valence electrons. The Balaban J connectivity index is 2.23. The summed E-state index contributed by atoms with van der Waals surface area (Å²) in [6, 6.07) is 18.7. The zero-order chi connectivity index (χ0) is 23.8. The number of carboxylic acid groups (broad SMARTS) is 1. The highest BCUT2D eigenvalue weighted by Crippen LogP contribution is 2.41. The standard InChI is InChI=1S/C29H32O4/c1-4-6-11-19-33-29(32)25-16-10-8-14-23(25)27-21(12-5-2)18-17-20(3)26(27)22-13-7-9-15-24(22)28(30)31/h7-10,13-18H,4-6,11-12,19H2,1-3H3,(H,30,31). The van der Waals surface area contributed by atoms with Crippen molar-refractivity contribution in [1.82, 2.24) is 0 Å². The zero-order valence-corrected chi connectivity index (χ0v) is 19.7. The lowest BCUT2D eigenvalue weighted by Gasteiger charge is -2.21. The maximum atomic E-state index is 13.1. The van der Waals surface area contributed by atoms with Crippen LogP contribution in [0, 0.1) is 6.92 Å². The molecule has 0 radical (unpaired) electrons. The van der Waals surface area contributed by atoms with E-state index in [9.17, 15) is 14.7 Å². The first kappa shape index (κ1) is 24.2. The molecule has 3 rings (SSSR count). The molecule has 0 aliphatic rings. The van der Waals surface area contributed by atoms with Crippen molar-refractivity contribution in [2.75, 3.05) is 6.61 Å². The first-order valence-corrected chi connectivity index (χ1v) is 11.7. The maximum Gasteiger partial charge on any atom is 0.338 e. The van der Waals surface area contributed by atoms with Gasteiger partial charge in [-0.1, -0.05) is 81.6 Å². The Hall–Kier alpha value is -3.40. The number of unbranched alkanes of at least 4 members (excludes halogenated alkanes) is 2. The highest BCUT2D eigenvalue weighted by atomic mass is 16.5. The van der Waals surface area contributed by atoms with Crippen LogP contribution in [0.3, 0.4) is 0 Å². The quantitative estimate of drug-likeness (QED) is 0.263. The van der Waals surface area contributed by atoms with E-state index in [4.69, 9.17) is 4.74 Å². The fraction of sp³-hybridized carbons (Fsp3) is 0.310. The molecule has 0 amide bonds. The van der Waals surface area contributed by atoms with Crippen LogP contribution in [0.15, 0.2) is 60.7 Å². The van der Waals surface area contributed by atoms with E-state index in [0.717, 1.165) is 59.9 Å². The van der Waals surface area contributed by atoms with Crippen molar-refractivity contribution in [2.45, 2.75) is 52.9 Å². The SMILES string of the molecule is CCCCCOC(=O)c1ccccc1-c1c(CCC)ccc(C)c1-c1ccccc1C(=O)O. The Bertz CT molecular complexity index is 1130. The van der Waals surface area contributed by atoms with Gasteiger partial charge in [0.1, 0.15) is 0 Å². The second kappa shape index (κ2) is 11.5. The lowest BCUT2D eigenvalue weighted by atomic mass is 9.83. The maximum absolute atomic E-state index is 13.1. The number of carbonyl (C=O) groups is 2. The van der Waals surface area contributed by atoms with Crippen LogP contribution in [0.25, 0.3) is 22.3 Å². The molecule has 0 heterocycles. The first-order valence-electron chi connectivity index (χ1n) is 11.7. The number of esters is 1. The monoisotopic (exact) mass is 444 g/mol. The molecule has 33 heavy (non-hydrogen) atoms. The van der Waals surface area contributed by atoms with Crippen LogP contribution in [0.4, 0.5) is 0 Å². The van der Waals surface area contributed by atoms with Crippen LogP contribution in [-0.4, -0.2) is 23.7 Å². The van der Waals surface area contributed by atoms with Crippen LogP contribution in [0.5, 0.6) is 0 Å². The molecule has 4 nitrogen and oxygen atoms in total. The van der Waals surface area contributed by atoms with Gasteiger partial charge in [0.25, 0.3) is 0 Å².